The maximum absolute atomic E-state index is 12.7. The Hall–Kier alpha value is -2.31. The fourth-order valence-corrected chi connectivity index (χ4v) is 1.94. The van der Waals surface area contributed by atoms with Gasteiger partial charge in [-0.05, 0) is 12.1 Å². The van der Waals surface area contributed by atoms with Crippen LogP contribution in [0.1, 0.15) is 0 Å². The number of alkyl halides is 3. The van der Waals surface area contributed by atoms with E-state index in [9.17, 15) is 22.8 Å². The molecule has 7 heteroatoms. The SMILES string of the molecule is O=C(O)C(Cn1ccc(=O)c2ccccc21)C(F)(F)F. The largest absolute Gasteiger partial charge is 0.481 e. The number of hydrogen-bond acceptors (Lipinski definition) is 2. The van der Waals surface area contributed by atoms with Crippen LogP contribution in [0, 0.1) is 5.92 Å². The first-order valence-corrected chi connectivity index (χ1v) is 5.68. The molecule has 0 aliphatic rings. The molecule has 0 amide bonds. The summed E-state index contributed by atoms with van der Waals surface area (Å²) in [5, 5.41) is 8.95. The third kappa shape index (κ3) is 2.66. The molecule has 1 aromatic carbocycles. The molecule has 0 spiro atoms. The van der Waals surface area contributed by atoms with E-state index in [4.69, 9.17) is 5.11 Å². The molecule has 1 atom stereocenters. The van der Waals surface area contributed by atoms with Gasteiger partial charge in [0.1, 0.15) is 0 Å². The van der Waals surface area contributed by atoms with Gasteiger partial charge in [0.25, 0.3) is 0 Å². The molecule has 0 saturated heterocycles. The van der Waals surface area contributed by atoms with Crippen LogP contribution in [0.15, 0.2) is 41.3 Å². The van der Waals surface area contributed by atoms with Crippen molar-refractivity contribution in [3.63, 3.8) is 0 Å². The fraction of sp³-hybridized carbons (Fsp3) is 0.231. The van der Waals surface area contributed by atoms with Crippen molar-refractivity contribution < 1.29 is 23.1 Å². The molecule has 1 heterocycles. The number of carboxylic acids is 1. The average Bonchev–Trinajstić information content (AvgIpc) is 2.36. The molecule has 0 fully saturated rings. The van der Waals surface area contributed by atoms with Crippen molar-refractivity contribution >= 4 is 16.9 Å². The van der Waals surface area contributed by atoms with E-state index in [0.717, 1.165) is 10.6 Å². The highest BCUT2D eigenvalue weighted by Gasteiger charge is 2.45. The van der Waals surface area contributed by atoms with Crippen molar-refractivity contribution in [1.82, 2.24) is 4.57 Å². The normalized spacial score (nSPS) is 13.3. The lowest BCUT2D eigenvalue weighted by Gasteiger charge is -2.19. The zero-order valence-corrected chi connectivity index (χ0v) is 10.1. The summed E-state index contributed by atoms with van der Waals surface area (Å²) in [7, 11) is 0. The molecule has 2 rings (SSSR count). The van der Waals surface area contributed by atoms with Gasteiger partial charge in [-0.1, -0.05) is 12.1 Å². The molecule has 106 valence electrons. The minimum Gasteiger partial charge on any atom is -0.481 e. The van der Waals surface area contributed by atoms with Crippen molar-refractivity contribution in [2.75, 3.05) is 0 Å². The standard InChI is InChI=1S/C13H10F3NO3/c14-13(15,16)9(12(19)20)7-17-6-5-11(18)8-3-1-2-4-10(8)17/h1-6,9H,7H2,(H,19,20). The van der Waals surface area contributed by atoms with Crippen LogP contribution in [0.5, 0.6) is 0 Å². The molecular weight excluding hydrogens is 275 g/mol. The van der Waals surface area contributed by atoms with Crippen LogP contribution >= 0.6 is 0 Å². The van der Waals surface area contributed by atoms with Gasteiger partial charge >= 0.3 is 12.1 Å². The molecular formula is C13H10F3NO3. The van der Waals surface area contributed by atoms with Gasteiger partial charge < -0.3 is 9.67 Å². The van der Waals surface area contributed by atoms with Crippen molar-refractivity contribution in [3.8, 4) is 0 Å². The summed E-state index contributed by atoms with van der Waals surface area (Å²) >= 11 is 0. The summed E-state index contributed by atoms with van der Waals surface area (Å²) < 4.78 is 39.2. The number of pyridine rings is 1. The Morgan fingerprint density at radius 3 is 2.50 bits per heavy atom. The van der Waals surface area contributed by atoms with Gasteiger partial charge in [0.05, 0.1) is 5.52 Å². The zero-order chi connectivity index (χ0) is 14.9. The average molecular weight is 285 g/mol. The first-order valence-electron chi connectivity index (χ1n) is 5.68. The van der Waals surface area contributed by atoms with E-state index in [-0.39, 0.29) is 16.3 Å². The number of rotatable bonds is 3. The minimum absolute atomic E-state index is 0.251. The van der Waals surface area contributed by atoms with Gasteiger partial charge in [0.15, 0.2) is 11.3 Å². The van der Waals surface area contributed by atoms with Gasteiger partial charge in [-0.15, -0.1) is 0 Å². The van der Waals surface area contributed by atoms with E-state index in [1.165, 1.54) is 18.3 Å². The van der Waals surface area contributed by atoms with E-state index in [1.54, 1.807) is 12.1 Å². The Bertz CT molecular complexity index is 706. The Balaban J connectivity index is 2.51. The second-order valence-corrected chi connectivity index (χ2v) is 4.28. The number of carbonyl (C=O) groups is 1. The number of aromatic nitrogens is 1. The van der Waals surface area contributed by atoms with Crippen LogP contribution in [0.25, 0.3) is 10.9 Å². The van der Waals surface area contributed by atoms with Crippen molar-refractivity contribution in [2.45, 2.75) is 12.7 Å². The summed E-state index contributed by atoms with van der Waals surface area (Å²) in [5.74, 6) is -4.46. The number of carboxylic acid groups (broad SMARTS) is 1. The summed E-state index contributed by atoms with van der Waals surface area (Å²) in [6.45, 7) is -0.778. The summed E-state index contributed by atoms with van der Waals surface area (Å²) in [4.78, 5) is 22.4. The first-order chi connectivity index (χ1) is 9.30. The molecule has 0 saturated carbocycles. The van der Waals surface area contributed by atoms with E-state index in [2.05, 4.69) is 0 Å². The van der Waals surface area contributed by atoms with E-state index >= 15 is 0 Å². The van der Waals surface area contributed by atoms with Gasteiger partial charge in [0.2, 0.25) is 0 Å². The first kappa shape index (κ1) is 14.1. The highest BCUT2D eigenvalue weighted by atomic mass is 19.4. The van der Waals surface area contributed by atoms with E-state index in [1.807, 2.05) is 0 Å². The number of benzene rings is 1. The molecule has 1 aromatic heterocycles. The smallest absolute Gasteiger partial charge is 0.403 e. The van der Waals surface area contributed by atoms with Crippen LogP contribution in [0.4, 0.5) is 13.2 Å². The Morgan fingerprint density at radius 2 is 1.90 bits per heavy atom. The number of hydrogen-bond donors (Lipinski definition) is 1. The van der Waals surface area contributed by atoms with Crippen LogP contribution in [0.2, 0.25) is 0 Å². The van der Waals surface area contributed by atoms with E-state index in [0.29, 0.717) is 0 Å². The van der Waals surface area contributed by atoms with Crippen molar-refractivity contribution in [3.05, 3.63) is 46.8 Å². The van der Waals surface area contributed by atoms with Gasteiger partial charge in [-0.3, -0.25) is 9.59 Å². The monoisotopic (exact) mass is 285 g/mol. The van der Waals surface area contributed by atoms with Crippen molar-refractivity contribution in [1.29, 1.82) is 0 Å². The second kappa shape index (κ2) is 4.99. The maximum atomic E-state index is 12.7. The number of halogens is 3. The number of aliphatic carboxylic acids is 1. The van der Waals surface area contributed by atoms with Crippen LogP contribution in [0.3, 0.4) is 0 Å². The zero-order valence-electron chi connectivity index (χ0n) is 10.1. The number of para-hydroxylation sites is 1. The highest BCUT2D eigenvalue weighted by molar-refractivity contribution is 5.79. The predicted octanol–water partition coefficient (Wildman–Crippen LogP) is 2.26. The lowest BCUT2D eigenvalue weighted by Crippen LogP contribution is -2.34. The number of fused-ring (bicyclic) bond motifs is 1. The molecule has 0 aliphatic carbocycles. The van der Waals surface area contributed by atoms with Crippen molar-refractivity contribution in [2.24, 2.45) is 5.92 Å². The third-order valence-corrected chi connectivity index (χ3v) is 2.96. The Morgan fingerprint density at radius 1 is 1.25 bits per heavy atom. The van der Waals surface area contributed by atoms with Gasteiger partial charge in [-0.25, -0.2) is 0 Å². The number of nitrogens with zero attached hydrogens (tertiary/aromatic N) is 1. The summed E-state index contributed by atoms with van der Waals surface area (Å²) in [6.07, 6.45) is -3.68. The van der Waals surface area contributed by atoms with Gasteiger partial charge in [0, 0.05) is 24.2 Å². The molecule has 20 heavy (non-hydrogen) atoms. The predicted molar refractivity (Wildman–Crippen MR) is 65.4 cm³/mol. The Kier molecular flexibility index (Phi) is 3.52. The molecule has 1 N–H and O–H groups in total. The molecule has 0 aliphatic heterocycles. The maximum Gasteiger partial charge on any atom is 0.403 e. The van der Waals surface area contributed by atoms with Gasteiger partial charge in [-0.2, -0.15) is 13.2 Å². The van der Waals surface area contributed by atoms with Crippen LogP contribution in [-0.2, 0) is 11.3 Å². The third-order valence-electron chi connectivity index (χ3n) is 2.96. The lowest BCUT2D eigenvalue weighted by atomic mass is 10.1. The second-order valence-electron chi connectivity index (χ2n) is 4.28. The molecule has 1 unspecified atom stereocenters. The highest BCUT2D eigenvalue weighted by Crippen LogP contribution is 2.28. The summed E-state index contributed by atoms with van der Waals surface area (Å²) in [6, 6.07) is 7.25. The fourth-order valence-electron chi connectivity index (χ4n) is 1.94. The quantitative estimate of drug-likeness (QED) is 0.941. The molecule has 4 nitrogen and oxygen atoms in total. The van der Waals surface area contributed by atoms with Crippen LogP contribution < -0.4 is 5.43 Å². The Labute approximate surface area is 111 Å². The topological polar surface area (TPSA) is 59.3 Å². The molecule has 0 bridgehead atoms. The van der Waals surface area contributed by atoms with E-state index < -0.39 is 24.6 Å². The summed E-state index contributed by atoms with van der Waals surface area (Å²) in [5.41, 5.74) is -0.0498. The molecule has 2 aromatic rings. The van der Waals surface area contributed by atoms with Crippen LogP contribution in [-0.4, -0.2) is 21.8 Å². The molecule has 0 radical (unpaired) electrons. The minimum atomic E-state index is -4.85. The lowest BCUT2D eigenvalue weighted by molar-refractivity contribution is -0.195.